The zero-order valence-electron chi connectivity index (χ0n) is 15.9. The van der Waals surface area contributed by atoms with Gasteiger partial charge in [0.2, 0.25) is 5.96 Å². The van der Waals surface area contributed by atoms with E-state index in [1.54, 1.807) is 13.0 Å². The Labute approximate surface area is 168 Å². The number of amidine groups is 1. The van der Waals surface area contributed by atoms with Crippen molar-refractivity contribution in [3.63, 3.8) is 0 Å². The Bertz CT molecular complexity index is 932. The second-order valence-corrected chi connectivity index (χ2v) is 7.21. The molecule has 3 rings (SSSR count). The summed E-state index contributed by atoms with van der Waals surface area (Å²) in [5.41, 5.74) is -2.68. The molecule has 2 heterocycles. The first kappa shape index (κ1) is 21.0. The van der Waals surface area contributed by atoms with Crippen LogP contribution in [-0.2, 0) is 14.3 Å². The molecule has 0 amide bonds. The summed E-state index contributed by atoms with van der Waals surface area (Å²) in [6.07, 6.45) is -5.12. The zero-order chi connectivity index (χ0) is 21.6. The van der Waals surface area contributed by atoms with E-state index in [4.69, 9.17) is 4.74 Å². The third kappa shape index (κ3) is 3.30. The number of carbonyl (C=O) groups excluding carboxylic acids is 2. The van der Waals surface area contributed by atoms with Gasteiger partial charge in [-0.05, 0) is 36.9 Å². The fourth-order valence-corrected chi connectivity index (χ4v) is 3.86. The molecule has 0 spiro atoms. The smallest absolute Gasteiger partial charge is 0.446 e. The Morgan fingerprint density at radius 3 is 2.52 bits per heavy atom. The fraction of sp³-hybridized carbons (Fsp3) is 0.412. The number of benzene rings is 1. The molecule has 0 fully saturated rings. The molecular weight excluding hydrogens is 413 g/mol. The average Bonchev–Trinajstić information content (AvgIpc) is 3.02. The second-order valence-electron chi connectivity index (χ2n) is 6.20. The van der Waals surface area contributed by atoms with Crippen molar-refractivity contribution in [2.75, 3.05) is 32.7 Å². The summed E-state index contributed by atoms with van der Waals surface area (Å²) in [5.74, 6) is -2.34. The van der Waals surface area contributed by atoms with Crippen LogP contribution in [0.4, 0.5) is 18.9 Å². The number of hydrogen-bond acceptors (Lipinski definition) is 9. The summed E-state index contributed by atoms with van der Waals surface area (Å²) >= 11 is 0.890. The van der Waals surface area contributed by atoms with Crippen molar-refractivity contribution in [1.29, 1.82) is 0 Å². The van der Waals surface area contributed by atoms with Gasteiger partial charge in [0.15, 0.2) is 5.17 Å². The van der Waals surface area contributed by atoms with Crippen molar-refractivity contribution in [2.45, 2.75) is 23.7 Å². The third-order valence-electron chi connectivity index (χ3n) is 4.09. The lowest BCUT2D eigenvalue weighted by atomic mass is 10.1. The SMILES string of the molecule is CCOC(=O)c1ccc2c(c1)SC1=N[C@](C(=O)OC)(C(F)(F)F)N=C(N(C)C)N12. The highest BCUT2D eigenvalue weighted by molar-refractivity contribution is 8.15. The lowest BCUT2D eigenvalue weighted by Gasteiger charge is -2.36. The van der Waals surface area contributed by atoms with Crippen LogP contribution < -0.4 is 4.90 Å². The summed E-state index contributed by atoms with van der Waals surface area (Å²) in [6.45, 7) is 1.85. The van der Waals surface area contributed by atoms with Gasteiger partial charge >= 0.3 is 23.8 Å². The molecule has 0 radical (unpaired) electrons. The van der Waals surface area contributed by atoms with Crippen molar-refractivity contribution in [3.8, 4) is 0 Å². The van der Waals surface area contributed by atoms with Crippen molar-refractivity contribution >= 4 is 40.5 Å². The van der Waals surface area contributed by atoms with Crippen LogP contribution in [0.1, 0.15) is 17.3 Å². The molecule has 0 saturated heterocycles. The first-order chi connectivity index (χ1) is 13.6. The van der Waals surface area contributed by atoms with Gasteiger partial charge in [-0.1, -0.05) is 0 Å². The van der Waals surface area contributed by atoms with E-state index < -0.39 is 23.8 Å². The highest BCUT2D eigenvalue weighted by atomic mass is 32.2. The van der Waals surface area contributed by atoms with Crippen LogP contribution in [0, 0.1) is 0 Å². The van der Waals surface area contributed by atoms with E-state index in [1.165, 1.54) is 36.0 Å². The van der Waals surface area contributed by atoms with Crippen LogP contribution in [0.15, 0.2) is 33.1 Å². The van der Waals surface area contributed by atoms with Crippen molar-refractivity contribution in [1.82, 2.24) is 4.90 Å². The zero-order valence-corrected chi connectivity index (χ0v) is 16.7. The Morgan fingerprint density at radius 1 is 1.28 bits per heavy atom. The number of anilines is 1. The highest BCUT2D eigenvalue weighted by Crippen LogP contribution is 2.47. The second kappa shape index (κ2) is 7.25. The van der Waals surface area contributed by atoms with Gasteiger partial charge in [0, 0.05) is 19.0 Å². The molecule has 12 heteroatoms. The van der Waals surface area contributed by atoms with Crippen molar-refractivity contribution in [2.24, 2.45) is 9.98 Å². The van der Waals surface area contributed by atoms with Crippen molar-refractivity contribution in [3.05, 3.63) is 23.8 Å². The number of hydrogen-bond donors (Lipinski definition) is 0. The number of aliphatic imine (C=N–C) groups is 2. The highest BCUT2D eigenvalue weighted by Gasteiger charge is 2.65. The molecule has 0 saturated carbocycles. The molecule has 156 valence electrons. The summed E-state index contributed by atoms with van der Waals surface area (Å²) in [7, 11) is 3.83. The number of fused-ring (bicyclic) bond motifs is 3. The number of thioether (sulfide) groups is 1. The molecule has 0 bridgehead atoms. The molecule has 1 atom stereocenters. The normalized spacial score (nSPS) is 20.3. The van der Waals surface area contributed by atoms with Crippen LogP contribution >= 0.6 is 11.8 Å². The average molecular weight is 430 g/mol. The molecular formula is C17H17F3N4O4S. The molecule has 0 aliphatic carbocycles. The lowest BCUT2D eigenvalue weighted by molar-refractivity contribution is -0.201. The van der Waals surface area contributed by atoms with E-state index in [1.807, 2.05) is 0 Å². The third-order valence-corrected chi connectivity index (χ3v) is 5.09. The lowest BCUT2D eigenvalue weighted by Crippen LogP contribution is -2.57. The maximum Gasteiger partial charge on any atom is 0.446 e. The Morgan fingerprint density at radius 2 is 1.97 bits per heavy atom. The molecule has 1 aromatic carbocycles. The van der Waals surface area contributed by atoms with Crippen molar-refractivity contribution < 1.29 is 32.2 Å². The number of esters is 2. The number of ether oxygens (including phenoxy) is 2. The number of halogens is 3. The molecule has 0 N–H and O–H groups in total. The van der Waals surface area contributed by atoms with Gasteiger partial charge in [-0.3, -0.25) is 4.90 Å². The van der Waals surface area contributed by atoms with Crippen LogP contribution in [0.2, 0.25) is 0 Å². The molecule has 29 heavy (non-hydrogen) atoms. The number of methoxy groups -OCH3 is 1. The standard InChI is InChI=1S/C17H17F3N4O4S/c1-5-28-12(25)9-6-7-10-11(8-9)29-15-22-16(13(26)27-4,17(18,19)20)21-14(23(2)3)24(10)15/h6-8H,5H2,1-4H3/t16-/m1/s1. The van der Waals surface area contributed by atoms with E-state index >= 15 is 0 Å². The van der Waals surface area contributed by atoms with E-state index in [2.05, 4.69) is 14.7 Å². The minimum absolute atomic E-state index is 0.109. The Balaban J connectivity index is 2.15. The summed E-state index contributed by atoms with van der Waals surface area (Å²) in [5, 5.41) is -0.109. The van der Waals surface area contributed by atoms with Gasteiger partial charge in [0.1, 0.15) is 0 Å². The minimum atomic E-state index is -5.12. The van der Waals surface area contributed by atoms with E-state index in [9.17, 15) is 22.8 Å². The van der Waals surface area contributed by atoms with Gasteiger partial charge in [-0.25, -0.2) is 19.6 Å². The summed E-state index contributed by atoms with van der Waals surface area (Å²) in [6, 6.07) is 4.56. The predicted molar refractivity (Wildman–Crippen MR) is 100 cm³/mol. The first-order valence-electron chi connectivity index (χ1n) is 8.37. The minimum Gasteiger partial charge on any atom is -0.465 e. The van der Waals surface area contributed by atoms with Crippen LogP contribution in [-0.4, -0.2) is 67.6 Å². The number of rotatable bonds is 3. The Kier molecular flexibility index (Phi) is 5.24. The molecule has 8 nitrogen and oxygen atoms in total. The molecule has 0 aromatic heterocycles. The Hall–Kier alpha value is -2.76. The summed E-state index contributed by atoms with van der Waals surface area (Å²) in [4.78, 5) is 34.6. The monoisotopic (exact) mass is 430 g/mol. The number of nitrogens with zero attached hydrogens (tertiary/aromatic N) is 4. The predicted octanol–water partition coefficient (Wildman–Crippen LogP) is 2.49. The fourth-order valence-electron chi connectivity index (χ4n) is 2.77. The van der Waals surface area contributed by atoms with Gasteiger partial charge in [0.25, 0.3) is 0 Å². The van der Waals surface area contributed by atoms with Gasteiger partial charge in [0.05, 0.1) is 25.0 Å². The van der Waals surface area contributed by atoms with E-state index in [0.717, 1.165) is 18.9 Å². The molecule has 2 aliphatic heterocycles. The van der Waals surface area contributed by atoms with Crippen LogP contribution in [0.25, 0.3) is 0 Å². The maximum absolute atomic E-state index is 13.9. The summed E-state index contributed by atoms with van der Waals surface area (Å²) < 4.78 is 51.0. The largest absolute Gasteiger partial charge is 0.465 e. The number of alkyl halides is 3. The van der Waals surface area contributed by atoms with Crippen LogP contribution in [0.5, 0.6) is 0 Å². The van der Waals surface area contributed by atoms with Gasteiger partial charge < -0.3 is 14.4 Å². The van der Waals surface area contributed by atoms with Crippen LogP contribution in [0.3, 0.4) is 0 Å². The van der Waals surface area contributed by atoms with Gasteiger partial charge in [-0.15, -0.1) is 0 Å². The number of guanidine groups is 1. The molecule has 1 aromatic rings. The van der Waals surface area contributed by atoms with E-state index in [-0.39, 0.29) is 23.3 Å². The molecule has 2 aliphatic rings. The maximum atomic E-state index is 13.9. The quantitative estimate of drug-likeness (QED) is 0.682. The first-order valence-corrected chi connectivity index (χ1v) is 9.18. The van der Waals surface area contributed by atoms with E-state index in [0.29, 0.717) is 10.6 Å². The molecule has 0 unspecified atom stereocenters. The topological polar surface area (TPSA) is 83.8 Å². The number of carbonyl (C=O) groups is 2. The van der Waals surface area contributed by atoms with Gasteiger partial charge in [-0.2, -0.15) is 13.2 Å².